The van der Waals surface area contributed by atoms with Crippen LogP contribution in [0.1, 0.15) is 5.56 Å². The normalized spacial score (nSPS) is 11.2. The minimum atomic E-state index is -3.76. The number of sulfonamides is 1. The van der Waals surface area contributed by atoms with Crippen molar-refractivity contribution in [1.82, 2.24) is 10.2 Å². The van der Waals surface area contributed by atoms with Gasteiger partial charge in [0.1, 0.15) is 0 Å². The summed E-state index contributed by atoms with van der Waals surface area (Å²) in [7, 11) is -3.76. The fourth-order valence-corrected chi connectivity index (χ4v) is 3.87. The molecule has 0 aliphatic carbocycles. The van der Waals surface area contributed by atoms with Crippen molar-refractivity contribution in [1.29, 1.82) is 5.26 Å². The van der Waals surface area contributed by atoms with Crippen LogP contribution >= 0.6 is 0 Å². The topological polar surface area (TPSA) is 98.6 Å². The van der Waals surface area contributed by atoms with Crippen molar-refractivity contribution in [3.05, 3.63) is 78.4 Å². The second-order valence-electron chi connectivity index (χ2n) is 5.94. The second-order valence-corrected chi connectivity index (χ2v) is 7.62. The minimum absolute atomic E-state index is 0.0945. The van der Waals surface area contributed by atoms with Gasteiger partial charge in [0.05, 0.1) is 27.7 Å². The second kappa shape index (κ2) is 6.59. The van der Waals surface area contributed by atoms with Crippen molar-refractivity contribution < 1.29 is 8.42 Å². The van der Waals surface area contributed by atoms with Gasteiger partial charge in [0.15, 0.2) is 0 Å². The number of benzene rings is 3. The molecular formula is C20H14N4O2S. The molecular weight excluding hydrogens is 360 g/mol. The lowest BCUT2D eigenvalue weighted by Gasteiger charge is -2.08. The van der Waals surface area contributed by atoms with E-state index in [1.165, 1.54) is 24.3 Å². The highest BCUT2D eigenvalue weighted by molar-refractivity contribution is 7.92. The van der Waals surface area contributed by atoms with E-state index in [0.29, 0.717) is 11.3 Å². The molecule has 0 atom stereocenters. The highest BCUT2D eigenvalue weighted by atomic mass is 32.2. The van der Waals surface area contributed by atoms with Gasteiger partial charge in [-0.1, -0.05) is 30.3 Å². The standard InChI is InChI=1S/C20H14N4O2S/c21-13-14-6-9-17(10-7-14)27(25,26)24-16-8-11-19-18(12-16)20(23-22-19)15-4-2-1-3-5-15/h1-12,24H,(H,22,23). The van der Waals surface area contributed by atoms with Crippen molar-refractivity contribution in [3.8, 4) is 17.3 Å². The first-order valence-corrected chi connectivity index (χ1v) is 9.62. The Kier molecular flexibility index (Phi) is 4.11. The molecule has 0 bridgehead atoms. The average molecular weight is 374 g/mol. The van der Waals surface area contributed by atoms with Crippen LogP contribution in [0.5, 0.6) is 0 Å². The van der Waals surface area contributed by atoms with E-state index in [4.69, 9.17) is 5.26 Å². The van der Waals surface area contributed by atoms with Crippen LogP contribution in [0.15, 0.2) is 77.7 Å². The van der Waals surface area contributed by atoms with Crippen molar-refractivity contribution >= 4 is 26.6 Å². The van der Waals surface area contributed by atoms with Gasteiger partial charge in [-0.3, -0.25) is 9.82 Å². The third-order valence-corrected chi connectivity index (χ3v) is 5.55. The summed E-state index contributed by atoms with van der Waals surface area (Å²) in [6.07, 6.45) is 0. The molecule has 0 fully saturated rings. The number of aromatic nitrogens is 2. The first-order chi connectivity index (χ1) is 13.1. The molecule has 0 unspecified atom stereocenters. The van der Waals surface area contributed by atoms with Crippen LogP contribution < -0.4 is 4.72 Å². The Morgan fingerprint density at radius 1 is 0.963 bits per heavy atom. The van der Waals surface area contributed by atoms with Gasteiger partial charge in [0, 0.05) is 16.6 Å². The monoisotopic (exact) mass is 374 g/mol. The molecule has 4 aromatic rings. The molecule has 4 rings (SSSR count). The molecule has 132 valence electrons. The SMILES string of the molecule is N#Cc1ccc(S(=O)(=O)Nc2ccc3[nH]nc(-c4ccccc4)c3c2)cc1. The number of hydrogen-bond acceptors (Lipinski definition) is 4. The molecule has 6 nitrogen and oxygen atoms in total. The van der Waals surface area contributed by atoms with Crippen LogP contribution in [-0.4, -0.2) is 18.6 Å². The summed E-state index contributed by atoms with van der Waals surface area (Å²) in [5.74, 6) is 0. The number of anilines is 1. The Morgan fingerprint density at radius 3 is 2.41 bits per heavy atom. The molecule has 0 aliphatic heterocycles. The number of nitrogens with zero attached hydrogens (tertiary/aromatic N) is 2. The lowest BCUT2D eigenvalue weighted by atomic mass is 10.1. The van der Waals surface area contributed by atoms with Crippen LogP contribution in [0, 0.1) is 11.3 Å². The van der Waals surface area contributed by atoms with E-state index in [-0.39, 0.29) is 4.90 Å². The predicted molar refractivity (Wildman–Crippen MR) is 103 cm³/mol. The van der Waals surface area contributed by atoms with E-state index < -0.39 is 10.0 Å². The maximum atomic E-state index is 12.6. The summed E-state index contributed by atoms with van der Waals surface area (Å²) >= 11 is 0. The molecule has 0 aliphatic rings. The van der Waals surface area contributed by atoms with E-state index in [0.717, 1.165) is 22.2 Å². The van der Waals surface area contributed by atoms with Crippen molar-refractivity contribution in [2.75, 3.05) is 4.72 Å². The average Bonchev–Trinajstić information content (AvgIpc) is 3.11. The van der Waals surface area contributed by atoms with Gasteiger partial charge in [-0.15, -0.1) is 0 Å². The highest BCUT2D eigenvalue weighted by Gasteiger charge is 2.15. The van der Waals surface area contributed by atoms with E-state index in [1.807, 2.05) is 36.4 Å². The molecule has 0 saturated carbocycles. The number of hydrogen-bond donors (Lipinski definition) is 2. The fourth-order valence-electron chi connectivity index (χ4n) is 2.82. The Morgan fingerprint density at radius 2 is 1.70 bits per heavy atom. The first kappa shape index (κ1) is 16.8. The fraction of sp³-hybridized carbons (Fsp3) is 0. The van der Waals surface area contributed by atoms with Crippen LogP contribution in [0.4, 0.5) is 5.69 Å². The molecule has 27 heavy (non-hydrogen) atoms. The molecule has 1 heterocycles. The number of aromatic amines is 1. The summed E-state index contributed by atoms with van der Waals surface area (Å²) in [6, 6.07) is 22.6. The molecule has 0 amide bonds. The highest BCUT2D eigenvalue weighted by Crippen LogP contribution is 2.29. The van der Waals surface area contributed by atoms with Crippen LogP contribution in [-0.2, 0) is 10.0 Å². The van der Waals surface area contributed by atoms with Gasteiger partial charge in [0.25, 0.3) is 10.0 Å². The molecule has 3 aromatic carbocycles. The third kappa shape index (κ3) is 3.26. The Labute approximate surface area is 156 Å². The quantitative estimate of drug-likeness (QED) is 0.566. The van der Waals surface area contributed by atoms with Crippen molar-refractivity contribution in [2.45, 2.75) is 4.90 Å². The van der Waals surface area contributed by atoms with E-state index >= 15 is 0 Å². The zero-order valence-corrected chi connectivity index (χ0v) is 14.9. The summed E-state index contributed by atoms with van der Waals surface area (Å²) in [6.45, 7) is 0. The number of rotatable bonds is 4. The van der Waals surface area contributed by atoms with Gasteiger partial charge in [0.2, 0.25) is 0 Å². The molecule has 0 radical (unpaired) electrons. The summed E-state index contributed by atoms with van der Waals surface area (Å²) in [4.78, 5) is 0.0945. The predicted octanol–water partition coefficient (Wildman–Crippen LogP) is 3.90. The summed E-state index contributed by atoms with van der Waals surface area (Å²) in [5, 5.41) is 17.0. The zero-order chi connectivity index (χ0) is 18.9. The molecule has 7 heteroatoms. The van der Waals surface area contributed by atoms with E-state index in [9.17, 15) is 8.42 Å². The van der Waals surface area contributed by atoms with E-state index in [1.54, 1.807) is 18.2 Å². The molecule has 0 saturated heterocycles. The third-order valence-electron chi connectivity index (χ3n) is 4.16. The van der Waals surface area contributed by atoms with Gasteiger partial charge < -0.3 is 0 Å². The lowest BCUT2D eigenvalue weighted by Crippen LogP contribution is -2.12. The van der Waals surface area contributed by atoms with Gasteiger partial charge in [-0.2, -0.15) is 10.4 Å². The minimum Gasteiger partial charge on any atom is -0.280 e. The molecule has 0 spiro atoms. The number of nitriles is 1. The summed E-state index contributed by atoms with van der Waals surface area (Å²) < 4.78 is 27.8. The lowest BCUT2D eigenvalue weighted by molar-refractivity contribution is 0.601. The number of nitrogens with one attached hydrogen (secondary N) is 2. The van der Waals surface area contributed by atoms with Gasteiger partial charge in [-0.25, -0.2) is 8.42 Å². The van der Waals surface area contributed by atoms with Crippen molar-refractivity contribution in [2.24, 2.45) is 0 Å². The van der Waals surface area contributed by atoms with Crippen LogP contribution in [0.3, 0.4) is 0 Å². The van der Waals surface area contributed by atoms with Crippen LogP contribution in [0.2, 0.25) is 0 Å². The number of fused-ring (bicyclic) bond motifs is 1. The summed E-state index contributed by atoms with van der Waals surface area (Å²) in [5.41, 5.74) is 3.35. The smallest absolute Gasteiger partial charge is 0.261 e. The van der Waals surface area contributed by atoms with Crippen molar-refractivity contribution in [3.63, 3.8) is 0 Å². The Bertz CT molecular complexity index is 1260. The molecule has 1 aromatic heterocycles. The first-order valence-electron chi connectivity index (χ1n) is 8.13. The van der Waals surface area contributed by atoms with E-state index in [2.05, 4.69) is 14.9 Å². The zero-order valence-electron chi connectivity index (χ0n) is 14.0. The Balaban J connectivity index is 1.71. The molecule has 2 N–H and O–H groups in total. The maximum absolute atomic E-state index is 12.6. The maximum Gasteiger partial charge on any atom is 0.261 e. The number of H-pyrrole nitrogens is 1. The Hall–Kier alpha value is -3.63. The van der Waals surface area contributed by atoms with Gasteiger partial charge >= 0.3 is 0 Å². The largest absolute Gasteiger partial charge is 0.280 e. The van der Waals surface area contributed by atoms with Crippen LogP contribution in [0.25, 0.3) is 22.2 Å². The van der Waals surface area contributed by atoms with Gasteiger partial charge in [-0.05, 0) is 42.5 Å².